The van der Waals surface area contributed by atoms with E-state index in [0.717, 1.165) is 0 Å². The minimum absolute atomic E-state index is 0.0218. The van der Waals surface area contributed by atoms with E-state index >= 15 is 0 Å². The molecule has 0 saturated carbocycles. The molecule has 1 aliphatic heterocycles. The highest BCUT2D eigenvalue weighted by atomic mass is 16.5. The van der Waals surface area contributed by atoms with Crippen molar-refractivity contribution in [2.45, 2.75) is 13.0 Å². The Morgan fingerprint density at radius 3 is 2.75 bits per heavy atom. The Bertz CT molecular complexity index is 499. The van der Waals surface area contributed by atoms with Crippen molar-refractivity contribution < 1.29 is 24.2 Å². The van der Waals surface area contributed by atoms with Crippen LogP contribution in [-0.4, -0.2) is 59.3 Å². The quantitative estimate of drug-likeness (QED) is 0.859. The molecule has 0 aliphatic carbocycles. The van der Waals surface area contributed by atoms with Gasteiger partial charge in [0.2, 0.25) is 0 Å². The SMILES string of the molecule is CC(Oc1cncc(C(=O)O)c1)C(=O)N1CCOCC1. The summed E-state index contributed by atoms with van der Waals surface area (Å²) >= 11 is 0. The largest absolute Gasteiger partial charge is 0.479 e. The molecule has 7 heteroatoms. The predicted octanol–water partition coefficient (Wildman–Crippen LogP) is 0.406. The number of aromatic carboxylic acids is 1. The van der Waals surface area contributed by atoms with Crippen LogP contribution >= 0.6 is 0 Å². The summed E-state index contributed by atoms with van der Waals surface area (Å²) in [6.07, 6.45) is 1.91. The number of carboxylic acid groups (broad SMARTS) is 1. The average molecular weight is 280 g/mol. The lowest BCUT2D eigenvalue weighted by Crippen LogP contribution is -2.46. The summed E-state index contributed by atoms with van der Waals surface area (Å²) in [4.78, 5) is 28.4. The van der Waals surface area contributed by atoms with E-state index in [4.69, 9.17) is 14.6 Å². The minimum Gasteiger partial charge on any atom is -0.479 e. The summed E-state index contributed by atoms with van der Waals surface area (Å²) < 4.78 is 10.6. The van der Waals surface area contributed by atoms with Crippen LogP contribution in [0.5, 0.6) is 5.75 Å². The highest BCUT2D eigenvalue weighted by Gasteiger charge is 2.24. The van der Waals surface area contributed by atoms with Crippen LogP contribution in [0.25, 0.3) is 0 Å². The van der Waals surface area contributed by atoms with Gasteiger partial charge < -0.3 is 19.5 Å². The standard InChI is InChI=1S/C13H16N2O5/c1-9(12(16)15-2-4-19-5-3-15)20-11-6-10(13(17)18)7-14-8-11/h6-9H,2-5H2,1H3,(H,17,18). The van der Waals surface area contributed by atoms with Crippen molar-refractivity contribution in [2.24, 2.45) is 0 Å². The van der Waals surface area contributed by atoms with Gasteiger partial charge in [-0.1, -0.05) is 0 Å². The number of carboxylic acids is 1. The second kappa shape index (κ2) is 6.33. The third-order valence-electron chi connectivity index (χ3n) is 2.94. The fraction of sp³-hybridized carbons (Fsp3) is 0.462. The fourth-order valence-electron chi connectivity index (χ4n) is 1.90. The molecule has 7 nitrogen and oxygen atoms in total. The summed E-state index contributed by atoms with van der Waals surface area (Å²) in [5.41, 5.74) is 0.0218. The van der Waals surface area contributed by atoms with Gasteiger partial charge >= 0.3 is 5.97 Å². The molecule has 1 saturated heterocycles. The monoisotopic (exact) mass is 280 g/mol. The van der Waals surface area contributed by atoms with Crippen LogP contribution in [0.15, 0.2) is 18.5 Å². The van der Waals surface area contributed by atoms with E-state index in [-0.39, 0.29) is 17.2 Å². The Morgan fingerprint density at radius 1 is 1.40 bits per heavy atom. The molecule has 108 valence electrons. The molecule has 1 amide bonds. The van der Waals surface area contributed by atoms with Gasteiger partial charge in [-0.3, -0.25) is 9.78 Å². The lowest BCUT2D eigenvalue weighted by Gasteiger charge is -2.29. The molecule has 1 aromatic heterocycles. The van der Waals surface area contributed by atoms with Gasteiger partial charge in [-0.25, -0.2) is 4.79 Å². The first-order valence-corrected chi connectivity index (χ1v) is 6.29. The Morgan fingerprint density at radius 2 is 2.10 bits per heavy atom. The number of morpholine rings is 1. The number of hydrogen-bond donors (Lipinski definition) is 1. The number of nitrogens with zero attached hydrogens (tertiary/aromatic N) is 2. The molecule has 0 aromatic carbocycles. The van der Waals surface area contributed by atoms with E-state index in [1.165, 1.54) is 18.5 Å². The van der Waals surface area contributed by atoms with E-state index in [0.29, 0.717) is 26.3 Å². The topological polar surface area (TPSA) is 89.0 Å². The van der Waals surface area contributed by atoms with Gasteiger partial charge in [0.15, 0.2) is 6.10 Å². The van der Waals surface area contributed by atoms with Crippen LogP contribution in [0.2, 0.25) is 0 Å². The maximum Gasteiger partial charge on any atom is 0.337 e. The van der Waals surface area contributed by atoms with Crippen molar-refractivity contribution in [2.75, 3.05) is 26.3 Å². The lowest BCUT2D eigenvalue weighted by molar-refractivity contribution is -0.142. The number of pyridine rings is 1. The molecule has 1 aliphatic rings. The first-order chi connectivity index (χ1) is 9.58. The van der Waals surface area contributed by atoms with E-state index in [2.05, 4.69) is 4.98 Å². The highest BCUT2D eigenvalue weighted by molar-refractivity contribution is 5.87. The number of carbonyl (C=O) groups is 2. The maximum absolute atomic E-state index is 12.1. The molecule has 0 bridgehead atoms. The average Bonchev–Trinajstić information content (AvgIpc) is 2.47. The molecule has 2 rings (SSSR count). The van der Waals surface area contributed by atoms with E-state index in [9.17, 15) is 9.59 Å². The second-order valence-electron chi connectivity index (χ2n) is 4.41. The molecule has 2 heterocycles. The van der Waals surface area contributed by atoms with Crippen molar-refractivity contribution in [1.29, 1.82) is 0 Å². The molecule has 0 radical (unpaired) electrons. The summed E-state index contributed by atoms with van der Waals surface area (Å²) in [6, 6.07) is 1.35. The van der Waals surface area contributed by atoms with Crippen LogP contribution in [0.4, 0.5) is 0 Å². The van der Waals surface area contributed by atoms with E-state index in [1.807, 2.05) is 0 Å². The molecule has 1 aromatic rings. The summed E-state index contributed by atoms with van der Waals surface area (Å²) in [5.74, 6) is -0.969. The van der Waals surface area contributed by atoms with Gasteiger partial charge in [0, 0.05) is 19.3 Å². The number of hydrogen-bond acceptors (Lipinski definition) is 5. The Hall–Kier alpha value is -2.15. The van der Waals surface area contributed by atoms with Gasteiger partial charge in [0.25, 0.3) is 5.91 Å². The highest BCUT2D eigenvalue weighted by Crippen LogP contribution is 2.14. The zero-order valence-electron chi connectivity index (χ0n) is 11.1. The predicted molar refractivity (Wildman–Crippen MR) is 68.7 cm³/mol. The third-order valence-corrected chi connectivity index (χ3v) is 2.94. The molecule has 1 unspecified atom stereocenters. The number of carbonyl (C=O) groups excluding carboxylic acids is 1. The van der Waals surface area contributed by atoms with Crippen molar-refractivity contribution in [3.63, 3.8) is 0 Å². The lowest BCUT2D eigenvalue weighted by atomic mass is 10.2. The van der Waals surface area contributed by atoms with E-state index in [1.54, 1.807) is 11.8 Å². The number of ether oxygens (including phenoxy) is 2. The van der Waals surface area contributed by atoms with Crippen molar-refractivity contribution in [1.82, 2.24) is 9.88 Å². The van der Waals surface area contributed by atoms with E-state index < -0.39 is 12.1 Å². The van der Waals surface area contributed by atoms with Gasteiger partial charge in [-0.05, 0) is 13.0 Å². The molecule has 1 fully saturated rings. The molecule has 1 N–H and O–H groups in total. The summed E-state index contributed by atoms with van der Waals surface area (Å²) in [7, 11) is 0. The first-order valence-electron chi connectivity index (χ1n) is 6.29. The van der Waals surface area contributed by atoms with Crippen LogP contribution < -0.4 is 4.74 Å². The van der Waals surface area contributed by atoms with Crippen molar-refractivity contribution in [3.8, 4) is 5.75 Å². The zero-order chi connectivity index (χ0) is 14.5. The molecule has 20 heavy (non-hydrogen) atoms. The van der Waals surface area contributed by atoms with Gasteiger partial charge in [-0.2, -0.15) is 0 Å². The molecule has 1 atom stereocenters. The van der Waals surface area contributed by atoms with Crippen molar-refractivity contribution >= 4 is 11.9 Å². The Labute approximate surface area is 116 Å². The number of amides is 1. The Kier molecular flexibility index (Phi) is 4.52. The number of rotatable bonds is 4. The molecular formula is C13H16N2O5. The molecular weight excluding hydrogens is 264 g/mol. The maximum atomic E-state index is 12.1. The van der Waals surface area contributed by atoms with Gasteiger partial charge in [0.05, 0.1) is 25.0 Å². The van der Waals surface area contributed by atoms with Crippen molar-refractivity contribution in [3.05, 3.63) is 24.0 Å². The normalized spacial score (nSPS) is 16.6. The molecule has 0 spiro atoms. The van der Waals surface area contributed by atoms with Crippen LogP contribution in [0.1, 0.15) is 17.3 Å². The van der Waals surface area contributed by atoms with Gasteiger partial charge in [-0.15, -0.1) is 0 Å². The van der Waals surface area contributed by atoms with Crippen LogP contribution in [0.3, 0.4) is 0 Å². The van der Waals surface area contributed by atoms with Gasteiger partial charge in [0.1, 0.15) is 5.75 Å². The third kappa shape index (κ3) is 3.45. The van der Waals surface area contributed by atoms with Crippen LogP contribution in [0, 0.1) is 0 Å². The zero-order valence-corrected chi connectivity index (χ0v) is 11.1. The smallest absolute Gasteiger partial charge is 0.337 e. The summed E-state index contributed by atoms with van der Waals surface area (Å²) in [6.45, 7) is 3.76. The number of aromatic nitrogens is 1. The van der Waals surface area contributed by atoms with Crippen LogP contribution in [-0.2, 0) is 9.53 Å². The second-order valence-corrected chi connectivity index (χ2v) is 4.41. The Balaban J connectivity index is 1.99. The minimum atomic E-state index is -1.09. The summed E-state index contributed by atoms with van der Waals surface area (Å²) in [5, 5.41) is 8.87. The first kappa shape index (κ1) is 14.3. The fourth-order valence-corrected chi connectivity index (χ4v) is 1.90.